The highest BCUT2D eigenvalue weighted by Crippen LogP contribution is 2.30. The van der Waals surface area contributed by atoms with E-state index >= 15 is 0 Å². The van der Waals surface area contributed by atoms with Crippen LogP contribution < -0.4 is 0 Å². The summed E-state index contributed by atoms with van der Waals surface area (Å²) < 4.78 is 0. The maximum Gasteiger partial charge on any atom is 0.100 e. The molecule has 96 valence electrons. The number of nitrogens with zero attached hydrogens (tertiary/aromatic N) is 2. The van der Waals surface area contributed by atoms with E-state index in [1.54, 1.807) is 0 Å². The maximum atomic E-state index is 4.35. The van der Waals surface area contributed by atoms with Gasteiger partial charge in [-0.1, -0.05) is 57.2 Å². The van der Waals surface area contributed by atoms with Crippen molar-refractivity contribution in [2.45, 2.75) is 26.2 Å². The van der Waals surface area contributed by atoms with Crippen molar-refractivity contribution in [1.29, 1.82) is 0 Å². The molecule has 0 heterocycles. The Balaban J connectivity index is 2.32. The van der Waals surface area contributed by atoms with E-state index < -0.39 is 0 Å². The Labute approximate surface area is 114 Å². The highest BCUT2D eigenvalue weighted by molar-refractivity contribution is 5.60. The van der Waals surface area contributed by atoms with Crippen LogP contribution in [0.3, 0.4) is 0 Å². The molecule has 0 saturated heterocycles. The van der Waals surface area contributed by atoms with Gasteiger partial charge in [-0.15, -0.1) is 0 Å². The lowest BCUT2D eigenvalue weighted by Gasteiger charge is -2.20. The minimum Gasteiger partial charge on any atom is -0.188 e. The van der Waals surface area contributed by atoms with Crippen LogP contribution in [0.15, 0.2) is 64.6 Å². The molecule has 0 unspecified atom stereocenters. The van der Waals surface area contributed by atoms with Gasteiger partial charge in [0.05, 0.1) is 11.4 Å². The molecule has 0 aliphatic heterocycles. The highest BCUT2D eigenvalue weighted by atomic mass is 14.8. The molecule has 0 aliphatic rings. The van der Waals surface area contributed by atoms with Crippen LogP contribution in [0.2, 0.25) is 0 Å². The molecule has 0 saturated carbocycles. The fourth-order valence-electron chi connectivity index (χ4n) is 1.84. The number of benzene rings is 2. The first-order chi connectivity index (χ1) is 9.07. The molecule has 2 aromatic carbocycles. The van der Waals surface area contributed by atoms with E-state index in [0.717, 1.165) is 11.4 Å². The third-order valence-corrected chi connectivity index (χ3v) is 2.82. The van der Waals surface area contributed by atoms with Gasteiger partial charge in [0.1, 0.15) is 6.01 Å². The quantitative estimate of drug-likeness (QED) is 0.661. The molecular weight excluding hydrogens is 232 g/mol. The summed E-state index contributed by atoms with van der Waals surface area (Å²) in [5.74, 6) is 0. The molecule has 2 heteroatoms. The molecule has 0 spiro atoms. The van der Waals surface area contributed by atoms with Gasteiger partial charge in [0.15, 0.2) is 0 Å². The van der Waals surface area contributed by atoms with Gasteiger partial charge in [0, 0.05) is 0 Å². The zero-order valence-corrected chi connectivity index (χ0v) is 11.6. The Morgan fingerprint density at radius 1 is 0.789 bits per heavy atom. The van der Waals surface area contributed by atoms with Gasteiger partial charge in [-0.2, -0.15) is 9.98 Å². The second-order valence-corrected chi connectivity index (χ2v) is 5.43. The van der Waals surface area contributed by atoms with Gasteiger partial charge in [-0.3, -0.25) is 0 Å². The molecule has 0 radical (unpaired) electrons. The van der Waals surface area contributed by atoms with E-state index in [1.165, 1.54) is 5.56 Å². The Morgan fingerprint density at radius 3 is 2.11 bits per heavy atom. The predicted molar refractivity (Wildman–Crippen MR) is 80.8 cm³/mol. The van der Waals surface area contributed by atoms with Crippen molar-refractivity contribution in [3.63, 3.8) is 0 Å². The largest absolute Gasteiger partial charge is 0.188 e. The standard InChI is InChI=1S/C17H18N2/c1-17(2,3)15-11-7-8-12-16(15)19-13-18-14-9-5-4-6-10-14/h4-12H,1-3H3. The molecule has 2 nitrogen and oxygen atoms in total. The average Bonchev–Trinajstić information content (AvgIpc) is 2.39. The lowest BCUT2D eigenvalue weighted by Crippen LogP contribution is -2.10. The zero-order valence-electron chi connectivity index (χ0n) is 11.6. The summed E-state index contributed by atoms with van der Waals surface area (Å²) in [5.41, 5.74) is 3.05. The lowest BCUT2D eigenvalue weighted by atomic mass is 9.86. The van der Waals surface area contributed by atoms with E-state index in [-0.39, 0.29) is 5.41 Å². The molecule has 0 amide bonds. The first-order valence-corrected chi connectivity index (χ1v) is 6.38. The van der Waals surface area contributed by atoms with Crippen molar-refractivity contribution in [1.82, 2.24) is 0 Å². The Morgan fingerprint density at radius 2 is 1.42 bits per heavy atom. The molecule has 2 rings (SSSR count). The van der Waals surface area contributed by atoms with E-state index in [9.17, 15) is 0 Å². The second-order valence-electron chi connectivity index (χ2n) is 5.43. The third-order valence-electron chi connectivity index (χ3n) is 2.82. The van der Waals surface area contributed by atoms with Crippen LogP contribution in [0.25, 0.3) is 0 Å². The molecule has 0 atom stereocenters. The number of para-hydroxylation sites is 2. The number of rotatable bonds is 2. The summed E-state index contributed by atoms with van der Waals surface area (Å²) in [6.07, 6.45) is 0. The molecule has 19 heavy (non-hydrogen) atoms. The summed E-state index contributed by atoms with van der Waals surface area (Å²) in [6, 6.07) is 20.6. The van der Waals surface area contributed by atoms with Crippen molar-refractivity contribution in [3.05, 3.63) is 60.2 Å². The van der Waals surface area contributed by atoms with Crippen LogP contribution in [0, 0.1) is 0 Å². The Kier molecular flexibility index (Phi) is 3.94. The third kappa shape index (κ3) is 3.64. The van der Waals surface area contributed by atoms with Crippen LogP contribution >= 0.6 is 0 Å². The van der Waals surface area contributed by atoms with E-state index in [0.29, 0.717) is 0 Å². The van der Waals surface area contributed by atoms with Crippen LogP contribution in [0.4, 0.5) is 11.4 Å². The SMILES string of the molecule is CC(C)(C)c1ccccc1N=C=Nc1ccccc1. The second kappa shape index (κ2) is 5.64. The summed E-state index contributed by atoms with van der Waals surface area (Å²) >= 11 is 0. The highest BCUT2D eigenvalue weighted by Gasteiger charge is 2.16. The van der Waals surface area contributed by atoms with Crippen LogP contribution in [0.1, 0.15) is 26.3 Å². The van der Waals surface area contributed by atoms with Crippen molar-refractivity contribution in [2.24, 2.45) is 9.98 Å². The van der Waals surface area contributed by atoms with Crippen LogP contribution in [0.5, 0.6) is 0 Å². The number of aliphatic imine (C=N–C) groups is 2. The Bertz CT molecular complexity index is 601. The fraction of sp³-hybridized carbons (Fsp3) is 0.235. The van der Waals surface area contributed by atoms with E-state index in [1.807, 2.05) is 48.5 Å². The molecule has 0 aromatic heterocycles. The van der Waals surface area contributed by atoms with E-state index in [4.69, 9.17) is 0 Å². The van der Waals surface area contributed by atoms with E-state index in [2.05, 4.69) is 42.8 Å². The number of hydrogen-bond acceptors (Lipinski definition) is 2. The van der Waals surface area contributed by atoms with Gasteiger partial charge >= 0.3 is 0 Å². The van der Waals surface area contributed by atoms with Crippen molar-refractivity contribution in [2.75, 3.05) is 0 Å². The van der Waals surface area contributed by atoms with Crippen molar-refractivity contribution >= 4 is 17.4 Å². The summed E-state index contributed by atoms with van der Waals surface area (Å²) in [7, 11) is 0. The normalized spacial score (nSPS) is 10.7. The zero-order chi connectivity index (χ0) is 13.7. The van der Waals surface area contributed by atoms with Gasteiger partial charge in [-0.25, -0.2) is 0 Å². The summed E-state index contributed by atoms with van der Waals surface area (Å²) in [6.45, 7) is 6.53. The summed E-state index contributed by atoms with van der Waals surface area (Å²) in [5, 5.41) is 0. The fourth-order valence-corrected chi connectivity index (χ4v) is 1.84. The molecule has 0 fully saturated rings. The maximum absolute atomic E-state index is 4.35. The topological polar surface area (TPSA) is 24.7 Å². The van der Waals surface area contributed by atoms with Crippen molar-refractivity contribution < 1.29 is 0 Å². The molecule has 0 aliphatic carbocycles. The Hall–Kier alpha value is -2.18. The summed E-state index contributed by atoms with van der Waals surface area (Å²) in [4.78, 5) is 8.56. The molecule has 0 bridgehead atoms. The van der Waals surface area contributed by atoms with Crippen LogP contribution in [-0.2, 0) is 5.41 Å². The first kappa shape index (κ1) is 13.3. The minimum absolute atomic E-state index is 0.0640. The van der Waals surface area contributed by atoms with Crippen LogP contribution in [-0.4, -0.2) is 6.01 Å². The van der Waals surface area contributed by atoms with Crippen molar-refractivity contribution in [3.8, 4) is 0 Å². The lowest BCUT2D eigenvalue weighted by molar-refractivity contribution is 0.591. The van der Waals surface area contributed by atoms with Gasteiger partial charge < -0.3 is 0 Å². The molecule has 0 N–H and O–H groups in total. The molecule has 2 aromatic rings. The monoisotopic (exact) mass is 250 g/mol. The first-order valence-electron chi connectivity index (χ1n) is 6.38. The number of hydrogen-bond donors (Lipinski definition) is 0. The predicted octanol–water partition coefficient (Wildman–Crippen LogP) is 5.12. The average molecular weight is 250 g/mol. The van der Waals surface area contributed by atoms with Gasteiger partial charge in [-0.05, 0) is 29.2 Å². The minimum atomic E-state index is 0.0640. The van der Waals surface area contributed by atoms with Gasteiger partial charge in [0.25, 0.3) is 0 Å². The van der Waals surface area contributed by atoms with Gasteiger partial charge in [0.2, 0.25) is 0 Å². The smallest absolute Gasteiger partial charge is 0.100 e. The molecular formula is C17H18N2.